The third-order valence-electron chi connectivity index (χ3n) is 6.98. The van der Waals surface area contributed by atoms with Gasteiger partial charge in [0.2, 0.25) is 0 Å². The molecule has 0 aromatic carbocycles. The summed E-state index contributed by atoms with van der Waals surface area (Å²) in [4.78, 5) is 0. The summed E-state index contributed by atoms with van der Waals surface area (Å²) < 4.78 is 0. The van der Waals surface area contributed by atoms with Crippen molar-refractivity contribution in [2.24, 2.45) is 40.9 Å². The van der Waals surface area contributed by atoms with Crippen LogP contribution in [0.15, 0.2) is 0 Å². The minimum absolute atomic E-state index is 0.540. The first-order valence-corrected chi connectivity index (χ1v) is 8.34. The number of hydrogen-bond acceptors (Lipinski definition) is 1. The SMILES string of the molecule is CC1(C)CNCCC1C1C2CC3CC(C2)CC1C3. The molecule has 4 aliphatic carbocycles. The number of hydrogen-bond donors (Lipinski definition) is 1. The number of rotatable bonds is 1. The fourth-order valence-corrected chi connectivity index (χ4v) is 6.53. The minimum atomic E-state index is 0.540. The van der Waals surface area contributed by atoms with E-state index in [0.717, 1.165) is 35.5 Å². The molecule has 5 fully saturated rings. The fourth-order valence-electron chi connectivity index (χ4n) is 6.53. The summed E-state index contributed by atoms with van der Waals surface area (Å²) in [6.07, 6.45) is 9.42. The summed E-state index contributed by atoms with van der Waals surface area (Å²) in [5.41, 5.74) is 0.540. The molecule has 0 amide bonds. The molecule has 1 N–H and O–H groups in total. The van der Waals surface area contributed by atoms with E-state index in [-0.39, 0.29) is 0 Å². The van der Waals surface area contributed by atoms with Gasteiger partial charge in [-0.25, -0.2) is 0 Å². The van der Waals surface area contributed by atoms with Crippen molar-refractivity contribution < 1.29 is 0 Å². The minimum Gasteiger partial charge on any atom is -0.316 e. The van der Waals surface area contributed by atoms with Gasteiger partial charge in [0, 0.05) is 6.54 Å². The van der Waals surface area contributed by atoms with Gasteiger partial charge in [-0.05, 0) is 86.0 Å². The lowest BCUT2D eigenvalue weighted by molar-refractivity contribution is -0.0925. The Morgan fingerprint density at radius 2 is 1.50 bits per heavy atom. The highest BCUT2D eigenvalue weighted by Gasteiger charge is 2.53. The summed E-state index contributed by atoms with van der Waals surface area (Å²) in [5.74, 6) is 6.60. The lowest BCUT2D eigenvalue weighted by atomic mass is 9.47. The molecule has 4 bridgehead atoms. The second-order valence-electron chi connectivity index (χ2n) is 8.57. The Balaban J connectivity index is 1.60. The van der Waals surface area contributed by atoms with Gasteiger partial charge in [0.05, 0.1) is 0 Å². The highest BCUT2D eigenvalue weighted by atomic mass is 14.9. The van der Waals surface area contributed by atoms with Crippen LogP contribution in [-0.4, -0.2) is 13.1 Å². The zero-order valence-electron chi connectivity index (χ0n) is 12.1. The van der Waals surface area contributed by atoms with E-state index in [4.69, 9.17) is 0 Å². The van der Waals surface area contributed by atoms with E-state index in [1.54, 1.807) is 32.1 Å². The predicted octanol–water partition coefficient (Wildman–Crippen LogP) is 3.69. The maximum absolute atomic E-state index is 3.63. The molecule has 1 heteroatoms. The second kappa shape index (κ2) is 3.98. The largest absolute Gasteiger partial charge is 0.316 e. The molecule has 18 heavy (non-hydrogen) atoms. The van der Waals surface area contributed by atoms with Crippen molar-refractivity contribution in [3.63, 3.8) is 0 Å². The molecule has 102 valence electrons. The van der Waals surface area contributed by atoms with E-state index < -0.39 is 0 Å². The predicted molar refractivity (Wildman–Crippen MR) is 75.3 cm³/mol. The van der Waals surface area contributed by atoms with E-state index in [0.29, 0.717) is 5.41 Å². The van der Waals surface area contributed by atoms with E-state index >= 15 is 0 Å². The number of nitrogens with one attached hydrogen (secondary N) is 1. The van der Waals surface area contributed by atoms with Gasteiger partial charge in [0.1, 0.15) is 0 Å². The molecular weight excluding hydrogens is 218 g/mol. The highest BCUT2D eigenvalue weighted by Crippen LogP contribution is 2.60. The van der Waals surface area contributed by atoms with Gasteiger partial charge in [0.15, 0.2) is 0 Å². The van der Waals surface area contributed by atoms with Gasteiger partial charge < -0.3 is 5.32 Å². The van der Waals surface area contributed by atoms with Gasteiger partial charge in [-0.3, -0.25) is 0 Å². The molecular formula is C17H29N. The normalized spacial score (nSPS) is 53.7. The topological polar surface area (TPSA) is 12.0 Å². The van der Waals surface area contributed by atoms with Crippen molar-refractivity contribution in [3.05, 3.63) is 0 Å². The third kappa shape index (κ3) is 1.69. The van der Waals surface area contributed by atoms with Crippen LogP contribution in [0.4, 0.5) is 0 Å². The molecule has 1 heterocycles. The Kier molecular flexibility index (Phi) is 2.60. The molecule has 1 atom stereocenters. The van der Waals surface area contributed by atoms with Crippen molar-refractivity contribution in [1.82, 2.24) is 5.32 Å². The zero-order valence-corrected chi connectivity index (χ0v) is 12.1. The Labute approximate surface area is 112 Å². The van der Waals surface area contributed by atoms with E-state index in [9.17, 15) is 0 Å². The van der Waals surface area contributed by atoms with Crippen molar-refractivity contribution in [2.75, 3.05) is 13.1 Å². The average Bonchev–Trinajstić information content (AvgIpc) is 2.29. The van der Waals surface area contributed by atoms with Gasteiger partial charge in [0.25, 0.3) is 0 Å². The number of piperidine rings is 1. The van der Waals surface area contributed by atoms with Crippen LogP contribution in [-0.2, 0) is 0 Å². The first-order valence-electron chi connectivity index (χ1n) is 8.34. The zero-order chi connectivity index (χ0) is 12.3. The first kappa shape index (κ1) is 11.8. The van der Waals surface area contributed by atoms with Gasteiger partial charge >= 0.3 is 0 Å². The van der Waals surface area contributed by atoms with Crippen LogP contribution < -0.4 is 5.32 Å². The quantitative estimate of drug-likeness (QED) is 0.745. The summed E-state index contributed by atoms with van der Waals surface area (Å²) in [7, 11) is 0. The van der Waals surface area contributed by atoms with Crippen LogP contribution in [0.2, 0.25) is 0 Å². The maximum Gasteiger partial charge on any atom is 0.000528 e. The Hall–Kier alpha value is -0.0400. The Morgan fingerprint density at radius 1 is 0.889 bits per heavy atom. The lowest BCUT2D eigenvalue weighted by Crippen LogP contribution is -2.54. The Bertz CT molecular complexity index is 305. The van der Waals surface area contributed by atoms with Crippen LogP contribution in [0, 0.1) is 40.9 Å². The third-order valence-corrected chi connectivity index (χ3v) is 6.98. The van der Waals surface area contributed by atoms with Gasteiger partial charge in [-0.2, -0.15) is 0 Å². The van der Waals surface area contributed by atoms with Crippen LogP contribution in [0.5, 0.6) is 0 Å². The lowest BCUT2D eigenvalue weighted by Gasteiger charge is -2.59. The van der Waals surface area contributed by atoms with Crippen molar-refractivity contribution >= 4 is 0 Å². The monoisotopic (exact) mass is 247 g/mol. The summed E-state index contributed by atoms with van der Waals surface area (Å²) in [6.45, 7) is 7.57. The molecule has 4 saturated carbocycles. The average molecular weight is 247 g/mol. The van der Waals surface area contributed by atoms with Crippen LogP contribution in [0.3, 0.4) is 0 Å². The fraction of sp³-hybridized carbons (Fsp3) is 1.00. The molecule has 1 unspecified atom stereocenters. The first-order chi connectivity index (χ1) is 8.63. The van der Waals surface area contributed by atoms with Gasteiger partial charge in [-0.15, -0.1) is 0 Å². The Morgan fingerprint density at radius 3 is 2.06 bits per heavy atom. The van der Waals surface area contributed by atoms with E-state index in [1.165, 1.54) is 19.5 Å². The van der Waals surface area contributed by atoms with E-state index in [2.05, 4.69) is 19.2 Å². The molecule has 0 spiro atoms. The van der Waals surface area contributed by atoms with Crippen molar-refractivity contribution in [2.45, 2.75) is 52.4 Å². The van der Waals surface area contributed by atoms with Crippen molar-refractivity contribution in [3.8, 4) is 0 Å². The molecule has 0 aromatic rings. The van der Waals surface area contributed by atoms with E-state index in [1.807, 2.05) is 0 Å². The molecule has 5 aliphatic rings. The molecule has 1 aliphatic heterocycles. The molecule has 5 rings (SSSR count). The molecule has 0 aromatic heterocycles. The molecule has 0 radical (unpaired) electrons. The van der Waals surface area contributed by atoms with Crippen LogP contribution >= 0.6 is 0 Å². The molecule has 1 nitrogen and oxygen atoms in total. The summed E-state index contributed by atoms with van der Waals surface area (Å²) in [6, 6.07) is 0. The standard InChI is InChI=1S/C17H29N/c1-17(2)10-18-4-3-15(17)16-13-6-11-5-12(8-13)9-14(16)7-11/h11-16,18H,3-10H2,1-2H3. The van der Waals surface area contributed by atoms with Crippen LogP contribution in [0.25, 0.3) is 0 Å². The maximum atomic E-state index is 3.63. The van der Waals surface area contributed by atoms with Gasteiger partial charge in [-0.1, -0.05) is 13.8 Å². The highest BCUT2D eigenvalue weighted by molar-refractivity contribution is 5.03. The van der Waals surface area contributed by atoms with Crippen LogP contribution in [0.1, 0.15) is 52.4 Å². The summed E-state index contributed by atoms with van der Waals surface area (Å²) in [5, 5.41) is 3.63. The molecule has 1 saturated heterocycles. The summed E-state index contributed by atoms with van der Waals surface area (Å²) >= 11 is 0. The smallest absolute Gasteiger partial charge is 0.000528 e. The van der Waals surface area contributed by atoms with Crippen molar-refractivity contribution in [1.29, 1.82) is 0 Å². The second-order valence-corrected chi connectivity index (χ2v) is 8.57.